The average molecular weight is 397 g/mol. The zero-order chi connectivity index (χ0) is 17.8. The fourth-order valence-corrected chi connectivity index (χ4v) is 2.49. The number of amides is 1. The summed E-state index contributed by atoms with van der Waals surface area (Å²) >= 11 is 17.7. The SMILES string of the molecule is O=C(Nc1ccc(Cl)c(Cl)c1)c1ccnn1COc1ccc(Cl)cc1. The Morgan fingerprint density at radius 3 is 2.52 bits per heavy atom. The highest BCUT2D eigenvalue weighted by molar-refractivity contribution is 6.42. The summed E-state index contributed by atoms with van der Waals surface area (Å²) in [6.45, 7) is 0.0821. The molecule has 0 aliphatic rings. The number of carbonyl (C=O) groups is 1. The topological polar surface area (TPSA) is 56.2 Å². The molecule has 1 heterocycles. The largest absolute Gasteiger partial charge is 0.471 e. The summed E-state index contributed by atoms with van der Waals surface area (Å²) in [5, 5.41) is 8.24. The number of carbonyl (C=O) groups excluding carboxylic acids is 1. The van der Waals surface area contributed by atoms with Gasteiger partial charge in [-0.05, 0) is 48.5 Å². The molecule has 128 valence electrons. The van der Waals surface area contributed by atoms with Gasteiger partial charge in [0.15, 0.2) is 6.73 Å². The van der Waals surface area contributed by atoms with Crippen molar-refractivity contribution < 1.29 is 9.53 Å². The molecule has 0 atom stereocenters. The van der Waals surface area contributed by atoms with Crippen LogP contribution in [-0.4, -0.2) is 15.7 Å². The molecule has 1 aromatic heterocycles. The van der Waals surface area contributed by atoms with E-state index in [1.54, 1.807) is 48.5 Å². The lowest BCUT2D eigenvalue weighted by molar-refractivity contribution is 0.100. The Morgan fingerprint density at radius 1 is 1.04 bits per heavy atom. The number of aromatic nitrogens is 2. The maximum atomic E-state index is 12.4. The number of rotatable bonds is 5. The Hall–Kier alpha value is -2.21. The number of halogens is 3. The summed E-state index contributed by atoms with van der Waals surface area (Å²) in [6.07, 6.45) is 1.52. The number of ether oxygens (including phenoxy) is 1. The molecular formula is C17H12Cl3N3O2. The third-order valence-electron chi connectivity index (χ3n) is 3.29. The molecule has 1 N–H and O–H groups in total. The van der Waals surface area contributed by atoms with Crippen molar-refractivity contribution in [2.45, 2.75) is 6.73 Å². The molecule has 5 nitrogen and oxygen atoms in total. The zero-order valence-corrected chi connectivity index (χ0v) is 15.0. The summed E-state index contributed by atoms with van der Waals surface area (Å²) in [7, 11) is 0. The lowest BCUT2D eigenvalue weighted by atomic mass is 10.3. The summed E-state index contributed by atoms with van der Waals surface area (Å²) in [4.78, 5) is 12.4. The van der Waals surface area contributed by atoms with Crippen molar-refractivity contribution in [3.63, 3.8) is 0 Å². The fourth-order valence-electron chi connectivity index (χ4n) is 2.06. The molecule has 25 heavy (non-hydrogen) atoms. The molecule has 0 saturated heterocycles. The Labute approximate surface area is 159 Å². The second kappa shape index (κ2) is 7.78. The van der Waals surface area contributed by atoms with Gasteiger partial charge in [-0.25, -0.2) is 4.68 Å². The van der Waals surface area contributed by atoms with E-state index in [0.717, 1.165) is 0 Å². The number of benzene rings is 2. The van der Waals surface area contributed by atoms with E-state index in [4.69, 9.17) is 39.5 Å². The number of hydrogen-bond acceptors (Lipinski definition) is 3. The van der Waals surface area contributed by atoms with Gasteiger partial charge < -0.3 is 10.1 Å². The van der Waals surface area contributed by atoms with Crippen LogP contribution in [0, 0.1) is 0 Å². The molecule has 3 aromatic rings. The lowest BCUT2D eigenvalue weighted by Crippen LogP contribution is -2.19. The quantitative estimate of drug-likeness (QED) is 0.650. The van der Waals surface area contributed by atoms with Crippen molar-refractivity contribution in [3.05, 3.63) is 75.5 Å². The summed E-state index contributed by atoms with van der Waals surface area (Å²) in [6, 6.07) is 13.4. The smallest absolute Gasteiger partial charge is 0.274 e. The first-order valence-corrected chi connectivity index (χ1v) is 8.33. The number of nitrogens with one attached hydrogen (secondary N) is 1. The standard InChI is InChI=1S/C17H12Cl3N3O2/c18-11-1-4-13(5-2-11)25-10-23-16(7-8-21-23)17(24)22-12-3-6-14(19)15(20)9-12/h1-9H,10H2,(H,22,24). The Kier molecular flexibility index (Phi) is 5.48. The monoisotopic (exact) mass is 395 g/mol. The normalized spacial score (nSPS) is 10.5. The predicted octanol–water partition coefficient (Wildman–Crippen LogP) is 5.13. The first kappa shape index (κ1) is 17.6. The molecule has 0 saturated carbocycles. The van der Waals surface area contributed by atoms with Crippen molar-refractivity contribution in [3.8, 4) is 5.75 Å². The second-order valence-corrected chi connectivity index (χ2v) is 6.28. The molecule has 8 heteroatoms. The molecule has 0 aliphatic carbocycles. The van der Waals surface area contributed by atoms with Crippen molar-refractivity contribution >= 4 is 46.4 Å². The maximum absolute atomic E-state index is 12.4. The molecule has 0 bridgehead atoms. The molecule has 1 amide bonds. The van der Waals surface area contributed by atoms with Crippen LogP contribution < -0.4 is 10.1 Å². The van der Waals surface area contributed by atoms with Crippen LogP contribution in [0.4, 0.5) is 5.69 Å². The van der Waals surface area contributed by atoms with E-state index in [2.05, 4.69) is 10.4 Å². The third-order valence-corrected chi connectivity index (χ3v) is 4.28. The van der Waals surface area contributed by atoms with Crippen LogP contribution in [0.15, 0.2) is 54.7 Å². The van der Waals surface area contributed by atoms with Gasteiger partial charge in [0.2, 0.25) is 0 Å². The number of nitrogens with zero attached hydrogens (tertiary/aromatic N) is 2. The van der Waals surface area contributed by atoms with Crippen LogP contribution in [-0.2, 0) is 6.73 Å². The van der Waals surface area contributed by atoms with Gasteiger partial charge in [-0.1, -0.05) is 34.8 Å². The van der Waals surface area contributed by atoms with Gasteiger partial charge in [0.05, 0.1) is 10.0 Å². The van der Waals surface area contributed by atoms with Crippen LogP contribution in [0.2, 0.25) is 15.1 Å². The van der Waals surface area contributed by atoms with E-state index in [9.17, 15) is 4.79 Å². The molecule has 0 spiro atoms. The molecule has 0 aliphatic heterocycles. The summed E-state index contributed by atoms with van der Waals surface area (Å²) in [5.74, 6) is 0.284. The molecule has 0 radical (unpaired) electrons. The minimum absolute atomic E-state index is 0.0821. The van der Waals surface area contributed by atoms with Crippen LogP contribution >= 0.6 is 34.8 Å². The first-order chi connectivity index (χ1) is 12.0. The van der Waals surface area contributed by atoms with Crippen LogP contribution in [0.25, 0.3) is 0 Å². The van der Waals surface area contributed by atoms with E-state index in [1.165, 1.54) is 10.9 Å². The van der Waals surface area contributed by atoms with E-state index in [1.807, 2.05) is 0 Å². The second-order valence-electron chi connectivity index (χ2n) is 5.03. The van der Waals surface area contributed by atoms with Gasteiger partial charge in [0.1, 0.15) is 11.4 Å². The van der Waals surface area contributed by atoms with Gasteiger partial charge in [0.25, 0.3) is 5.91 Å². The summed E-state index contributed by atoms with van der Waals surface area (Å²) < 4.78 is 7.05. The van der Waals surface area contributed by atoms with Crippen molar-refractivity contribution in [2.75, 3.05) is 5.32 Å². The molecule has 0 fully saturated rings. The van der Waals surface area contributed by atoms with Gasteiger partial charge in [0, 0.05) is 16.9 Å². The Bertz CT molecular complexity index is 894. The highest BCUT2D eigenvalue weighted by atomic mass is 35.5. The Morgan fingerprint density at radius 2 is 1.80 bits per heavy atom. The number of anilines is 1. The number of hydrogen-bond donors (Lipinski definition) is 1. The van der Waals surface area contributed by atoms with Gasteiger partial charge in [-0.2, -0.15) is 5.10 Å². The first-order valence-electron chi connectivity index (χ1n) is 7.19. The van der Waals surface area contributed by atoms with Gasteiger partial charge >= 0.3 is 0 Å². The molecule has 0 unspecified atom stereocenters. The van der Waals surface area contributed by atoms with Gasteiger partial charge in [-0.15, -0.1) is 0 Å². The maximum Gasteiger partial charge on any atom is 0.274 e. The fraction of sp³-hybridized carbons (Fsp3) is 0.0588. The average Bonchev–Trinajstić information content (AvgIpc) is 3.06. The van der Waals surface area contributed by atoms with E-state index >= 15 is 0 Å². The van der Waals surface area contributed by atoms with Crippen molar-refractivity contribution in [2.24, 2.45) is 0 Å². The highest BCUT2D eigenvalue weighted by Gasteiger charge is 2.13. The van der Waals surface area contributed by atoms with Gasteiger partial charge in [-0.3, -0.25) is 4.79 Å². The van der Waals surface area contributed by atoms with Crippen molar-refractivity contribution in [1.82, 2.24) is 9.78 Å². The van der Waals surface area contributed by atoms with E-state index in [-0.39, 0.29) is 12.6 Å². The minimum atomic E-state index is -0.337. The van der Waals surface area contributed by atoms with Crippen molar-refractivity contribution in [1.29, 1.82) is 0 Å². The van der Waals surface area contributed by atoms with Crippen LogP contribution in [0.1, 0.15) is 10.5 Å². The molecule has 2 aromatic carbocycles. The van der Waals surface area contributed by atoms with Crippen LogP contribution in [0.5, 0.6) is 5.75 Å². The lowest BCUT2D eigenvalue weighted by Gasteiger charge is -2.10. The predicted molar refractivity (Wildman–Crippen MR) is 98.7 cm³/mol. The highest BCUT2D eigenvalue weighted by Crippen LogP contribution is 2.25. The molecule has 3 rings (SSSR count). The minimum Gasteiger partial charge on any atom is -0.471 e. The van der Waals surface area contributed by atoms with E-state index in [0.29, 0.717) is 32.2 Å². The molecular weight excluding hydrogens is 385 g/mol. The summed E-state index contributed by atoms with van der Waals surface area (Å²) in [5.41, 5.74) is 0.880. The van der Waals surface area contributed by atoms with Crippen LogP contribution in [0.3, 0.4) is 0 Å². The third kappa shape index (κ3) is 4.45. The Balaban J connectivity index is 1.68. The zero-order valence-electron chi connectivity index (χ0n) is 12.7. The van der Waals surface area contributed by atoms with E-state index < -0.39 is 0 Å².